The number of sulfone groups is 1. The molecular weight excluding hydrogens is 420 g/mol. The molecule has 0 aliphatic heterocycles. The van der Waals surface area contributed by atoms with E-state index in [0.29, 0.717) is 4.90 Å². The van der Waals surface area contributed by atoms with Crippen molar-refractivity contribution in [2.24, 2.45) is 0 Å². The number of methoxy groups -OCH3 is 2. The Morgan fingerprint density at radius 1 is 0.812 bits per heavy atom. The molecule has 0 radical (unpaired) electrons. The zero-order valence-corrected chi connectivity index (χ0v) is 19.2. The van der Waals surface area contributed by atoms with Gasteiger partial charge in [0.2, 0.25) is 0 Å². The van der Waals surface area contributed by atoms with Crippen LogP contribution in [0.4, 0.5) is 0 Å². The number of fused-ring (bicyclic) bond motifs is 1. The molecule has 1 atom stereocenters. The van der Waals surface area contributed by atoms with Gasteiger partial charge in [-0.15, -0.1) is 0 Å². The summed E-state index contributed by atoms with van der Waals surface area (Å²) in [6.45, 7) is 1.93. The van der Waals surface area contributed by atoms with E-state index < -0.39 is 15.9 Å². The van der Waals surface area contributed by atoms with E-state index in [1.54, 1.807) is 26.4 Å². The molecule has 0 fully saturated rings. The van der Waals surface area contributed by atoms with Gasteiger partial charge in [-0.1, -0.05) is 72.3 Å². The molecule has 0 saturated heterocycles. The highest BCUT2D eigenvalue weighted by Crippen LogP contribution is 2.41. The minimum atomic E-state index is -3.55. The summed E-state index contributed by atoms with van der Waals surface area (Å²) in [6, 6.07) is 26.7. The van der Waals surface area contributed by atoms with Gasteiger partial charge in [-0.2, -0.15) is 0 Å². The number of ether oxygens (including phenoxy) is 2. The second-order valence-corrected chi connectivity index (χ2v) is 9.80. The van der Waals surface area contributed by atoms with Crippen LogP contribution in [0.2, 0.25) is 0 Å². The van der Waals surface area contributed by atoms with Gasteiger partial charge in [0.1, 0.15) is 5.75 Å². The predicted octanol–water partition coefficient (Wildman–Crippen LogP) is 5.99. The van der Waals surface area contributed by atoms with Gasteiger partial charge in [-0.05, 0) is 47.0 Å². The van der Waals surface area contributed by atoms with Gasteiger partial charge < -0.3 is 9.47 Å². The lowest BCUT2D eigenvalue weighted by Gasteiger charge is -2.21. The third kappa shape index (κ3) is 4.27. The van der Waals surface area contributed by atoms with Crippen molar-refractivity contribution in [2.45, 2.75) is 17.9 Å². The highest BCUT2D eigenvalue weighted by Gasteiger charge is 2.26. The highest BCUT2D eigenvalue weighted by atomic mass is 32.2. The third-order valence-electron chi connectivity index (χ3n) is 5.72. The van der Waals surface area contributed by atoms with Gasteiger partial charge in [0.15, 0.2) is 9.84 Å². The fraction of sp³-hybridized carbons (Fsp3) is 0.185. The van der Waals surface area contributed by atoms with Crippen molar-refractivity contribution in [1.82, 2.24) is 0 Å². The quantitative estimate of drug-likeness (QED) is 0.350. The molecule has 0 heterocycles. The van der Waals surface area contributed by atoms with E-state index in [1.807, 2.05) is 67.6 Å². The number of aryl methyl sites for hydroxylation is 1. The van der Waals surface area contributed by atoms with Gasteiger partial charge in [-0.25, -0.2) is 8.42 Å². The van der Waals surface area contributed by atoms with Crippen molar-refractivity contribution in [3.8, 4) is 16.9 Å². The molecule has 4 nitrogen and oxygen atoms in total. The lowest BCUT2D eigenvalue weighted by atomic mass is 9.92. The van der Waals surface area contributed by atoms with E-state index in [9.17, 15) is 8.42 Å². The Morgan fingerprint density at radius 3 is 2.22 bits per heavy atom. The first-order valence-corrected chi connectivity index (χ1v) is 12.1. The zero-order valence-electron chi connectivity index (χ0n) is 18.4. The van der Waals surface area contributed by atoms with E-state index >= 15 is 0 Å². The van der Waals surface area contributed by atoms with Gasteiger partial charge >= 0.3 is 0 Å². The number of rotatable bonds is 7. The molecule has 0 aliphatic rings. The standard InChI is InChI=1S/C27H26O4S/c1-19-12-15-21(16-13-19)32(28,29)18-26(31-3)23-10-6-7-11-24(23)27-22-9-5-4-8-20(22)14-17-25(27)30-2/h4-17,26H,18H2,1-3H3/t26-/m0/s1. The van der Waals surface area contributed by atoms with E-state index in [2.05, 4.69) is 12.1 Å². The number of hydrogen-bond donors (Lipinski definition) is 0. The van der Waals surface area contributed by atoms with Crippen LogP contribution in [0.1, 0.15) is 17.2 Å². The summed E-state index contributed by atoms with van der Waals surface area (Å²) < 4.78 is 37.8. The van der Waals surface area contributed by atoms with Crippen LogP contribution in [-0.2, 0) is 14.6 Å². The highest BCUT2D eigenvalue weighted by molar-refractivity contribution is 7.91. The molecule has 0 aliphatic carbocycles. The molecule has 4 aromatic rings. The van der Waals surface area contributed by atoms with E-state index in [0.717, 1.165) is 38.8 Å². The van der Waals surface area contributed by atoms with Crippen molar-refractivity contribution >= 4 is 20.6 Å². The first kappa shape index (κ1) is 22.1. The lowest BCUT2D eigenvalue weighted by Crippen LogP contribution is -2.17. The summed E-state index contributed by atoms with van der Waals surface area (Å²) in [6.07, 6.45) is -0.638. The first-order chi connectivity index (χ1) is 15.4. The van der Waals surface area contributed by atoms with Crippen molar-refractivity contribution in [3.63, 3.8) is 0 Å². The van der Waals surface area contributed by atoms with E-state index in [4.69, 9.17) is 9.47 Å². The fourth-order valence-corrected chi connectivity index (χ4v) is 5.49. The maximum absolute atomic E-state index is 13.2. The summed E-state index contributed by atoms with van der Waals surface area (Å²) in [5, 5.41) is 2.12. The Kier molecular flexibility index (Phi) is 6.31. The topological polar surface area (TPSA) is 52.6 Å². The average Bonchev–Trinajstić information content (AvgIpc) is 2.82. The maximum Gasteiger partial charge on any atom is 0.181 e. The summed E-state index contributed by atoms with van der Waals surface area (Å²) in [5.74, 6) is 0.573. The molecule has 0 unspecified atom stereocenters. The van der Waals surface area contributed by atoms with Gasteiger partial charge in [0.05, 0.1) is 23.9 Å². The van der Waals surface area contributed by atoms with Crippen LogP contribution in [0, 0.1) is 6.92 Å². The SMILES string of the molecule is COc1ccc2ccccc2c1-c1ccccc1[C@H](CS(=O)(=O)c1ccc(C)cc1)OC. The van der Waals surface area contributed by atoms with E-state index in [1.165, 1.54) is 0 Å². The summed E-state index contributed by atoms with van der Waals surface area (Å²) >= 11 is 0. The Labute approximate surface area is 189 Å². The maximum atomic E-state index is 13.2. The second kappa shape index (κ2) is 9.15. The molecule has 0 saturated carbocycles. The Hall–Kier alpha value is -3.15. The molecule has 4 aromatic carbocycles. The first-order valence-electron chi connectivity index (χ1n) is 10.4. The molecule has 32 heavy (non-hydrogen) atoms. The summed E-state index contributed by atoms with van der Waals surface area (Å²) in [7, 11) is -0.357. The molecule has 5 heteroatoms. The smallest absolute Gasteiger partial charge is 0.181 e. The van der Waals surface area contributed by atoms with E-state index in [-0.39, 0.29) is 5.75 Å². The van der Waals surface area contributed by atoms with Crippen LogP contribution in [0.5, 0.6) is 5.75 Å². The van der Waals surface area contributed by atoms with Crippen LogP contribution in [0.25, 0.3) is 21.9 Å². The fourth-order valence-electron chi connectivity index (χ4n) is 4.03. The predicted molar refractivity (Wildman–Crippen MR) is 129 cm³/mol. The molecule has 0 N–H and O–H groups in total. The molecule has 0 amide bonds. The van der Waals surface area contributed by atoms with Crippen molar-refractivity contribution < 1.29 is 17.9 Å². The van der Waals surface area contributed by atoms with Crippen molar-refractivity contribution in [3.05, 3.63) is 96.1 Å². The van der Waals surface area contributed by atoms with Gasteiger partial charge in [0, 0.05) is 12.7 Å². The second-order valence-electron chi connectivity index (χ2n) is 7.77. The molecule has 0 aromatic heterocycles. The van der Waals surface area contributed by atoms with Crippen LogP contribution < -0.4 is 4.74 Å². The Balaban J connectivity index is 1.83. The van der Waals surface area contributed by atoms with Gasteiger partial charge in [-0.3, -0.25) is 0 Å². The third-order valence-corrected chi connectivity index (χ3v) is 7.46. The molecule has 0 spiro atoms. The molecule has 0 bridgehead atoms. The number of benzene rings is 4. The molecule has 164 valence electrons. The Morgan fingerprint density at radius 2 is 1.50 bits per heavy atom. The summed E-state index contributed by atoms with van der Waals surface area (Å²) in [5.41, 5.74) is 3.64. The van der Waals surface area contributed by atoms with Gasteiger partial charge in [0.25, 0.3) is 0 Å². The lowest BCUT2D eigenvalue weighted by molar-refractivity contribution is 0.122. The average molecular weight is 447 g/mol. The van der Waals surface area contributed by atoms with Crippen molar-refractivity contribution in [2.75, 3.05) is 20.0 Å². The van der Waals surface area contributed by atoms with Crippen LogP contribution in [-0.4, -0.2) is 28.4 Å². The normalized spacial score (nSPS) is 12.6. The summed E-state index contributed by atoms with van der Waals surface area (Å²) in [4.78, 5) is 0.297. The minimum absolute atomic E-state index is 0.156. The van der Waals surface area contributed by atoms with Crippen LogP contribution >= 0.6 is 0 Å². The number of hydrogen-bond acceptors (Lipinski definition) is 4. The molecule has 4 rings (SSSR count). The monoisotopic (exact) mass is 446 g/mol. The van der Waals surface area contributed by atoms with Crippen LogP contribution in [0.15, 0.2) is 89.8 Å². The zero-order chi connectivity index (χ0) is 22.7. The van der Waals surface area contributed by atoms with Crippen molar-refractivity contribution in [1.29, 1.82) is 0 Å². The minimum Gasteiger partial charge on any atom is -0.496 e. The largest absolute Gasteiger partial charge is 0.496 e. The van der Waals surface area contributed by atoms with Crippen LogP contribution in [0.3, 0.4) is 0 Å². The molecular formula is C27H26O4S. The Bertz CT molecular complexity index is 1340.